The van der Waals surface area contributed by atoms with Gasteiger partial charge in [-0.15, -0.1) is 0 Å². The summed E-state index contributed by atoms with van der Waals surface area (Å²) < 4.78 is 42.9. The molecule has 1 aromatic carbocycles. The second-order valence-corrected chi connectivity index (χ2v) is 6.70. The highest BCUT2D eigenvalue weighted by Gasteiger charge is 2.30. The van der Waals surface area contributed by atoms with Crippen molar-refractivity contribution in [1.29, 1.82) is 0 Å². The molecule has 0 saturated carbocycles. The molecular formula is C20H23F3N4O2. The van der Waals surface area contributed by atoms with Gasteiger partial charge < -0.3 is 15.4 Å². The maximum atomic E-state index is 12.5. The molecule has 0 unspecified atom stereocenters. The van der Waals surface area contributed by atoms with Gasteiger partial charge in [-0.3, -0.25) is 9.69 Å². The third-order valence-electron chi connectivity index (χ3n) is 4.51. The van der Waals surface area contributed by atoms with Crippen molar-refractivity contribution in [3.63, 3.8) is 0 Å². The number of pyridine rings is 1. The molecule has 1 fully saturated rings. The van der Waals surface area contributed by atoms with E-state index in [0.717, 1.165) is 50.7 Å². The van der Waals surface area contributed by atoms with Gasteiger partial charge >= 0.3 is 6.18 Å². The van der Waals surface area contributed by atoms with Crippen molar-refractivity contribution in [3.8, 4) is 0 Å². The molecule has 1 saturated heterocycles. The van der Waals surface area contributed by atoms with E-state index in [1.807, 2.05) is 18.2 Å². The topological polar surface area (TPSA) is 66.5 Å². The normalized spacial score (nSPS) is 15.1. The fraction of sp³-hybridized carbons (Fsp3) is 0.400. The van der Waals surface area contributed by atoms with E-state index in [9.17, 15) is 18.0 Å². The van der Waals surface area contributed by atoms with Crippen molar-refractivity contribution in [3.05, 3.63) is 59.3 Å². The Hall–Kier alpha value is -2.65. The molecule has 1 aliphatic heterocycles. The van der Waals surface area contributed by atoms with E-state index in [0.29, 0.717) is 24.5 Å². The molecule has 0 bridgehead atoms. The monoisotopic (exact) mass is 408 g/mol. The summed E-state index contributed by atoms with van der Waals surface area (Å²) in [6.45, 7) is 4.63. The molecule has 1 aromatic heterocycles. The van der Waals surface area contributed by atoms with E-state index in [-0.39, 0.29) is 5.91 Å². The van der Waals surface area contributed by atoms with Crippen molar-refractivity contribution >= 4 is 11.7 Å². The molecule has 0 aliphatic carbocycles. The summed E-state index contributed by atoms with van der Waals surface area (Å²) in [5.41, 5.74) is 0.836. The smallest absolute Gasteiger partial charge is 0.379 e. The van der Waals surface area contributed by atoms with Gasteiger partial charge in [0.25, 0.3) is 5.91 Å². The summed E-state index contributed by atoms with van der Waals surface area (Å²) in [7, 11) is 0. The van der Waals surface area contributed by atoms with Crippen LogP contribution in [-0.4, -0.2) is 55.2 Å². The number of aromatic nitrogens is 1. The first-order chi connectivity index (χ1) is 13.9. The molecule has 29 heavy (non-hydrogen) atoms. The van der Waals surface area contributed by atoms with Crippen LogP contribution in [0.3, 0.4) is 0 Å². The van der Waals surface area contributed by atoms with Crippen LogP contribution < -0.4 is 10.6 Å². The van der Waals surface area contributed by atoms with Crippen LogP contribution in [0.25, 0.3) is 0 Å². The number of anilines is 1. The number of rotatable bonds is 7. The van der Waals surface area contributed by atoms with Crippen molar-refractivity contribution < 1.29 is 22.7 Å². The molecular weight excluding hydrogens is 385 g/mol. The number of carbonyl (C=O) groups is 1. The summed E-state index contributed by atoms with van der Waals surface area (Å²) in [5.74, 6) is 0.121. The van der Waals surface area contributed by atoms with Gasteiger partial charge in [0.1, 0.15) is 5.82 Å². The Kier molecular flexibility index (Phi) is 7.05. The molecule has 0 radical (unpaired) electrons. The predicted molar refractivity (Wildman–Crippen MR) is 103 cm³/mol. The van der Waals surface area contributed by atoms with Crippen LogP contribution in [0, 0.1) is 0 Å². The van der Waals surface area contributed by atoms with Gasteiger partial charge in [-0.1, -0.05) is 12.1 Å². The van der Waals surface area contributed by atoms with Gasteiger partial charge in [0.2, 0.25) is 0 Å². The Bertz CT molecular complexity index is 806. The van der Waals surface area contributed by atoms with Crippen LogP contribution in [0.4, 0.5) is 19.0 Å². The fourth-order valence-corrected chi connectivity index (χ4v) is 2.96. The highest BCUT2D eigenvalue weighted by molar-refractivity contribution is 5.94. The molecule has 1 amide bonds. The number of hydrogen-bond donors (Lipinski definition) is 2. The average Bonchev–Trinajstić information content (AvgIpc) is 2.72. The second kappa shape index (κ2) is 9.71. The highest BCUT2D eigenvalue weighted by Crippen LogP contribution is 2.28. The molecule has 1 aliphatic rings. The standard InChI is InChI=1S/C20H23F3N4O2/c21-20(22,23)17-4-5-18(26-13-17)24-6-7-25-19(28)16-3-1-2-15(12-16)14-27-8-10-29-11-9-27/h1-5,12-13H,6-11,14H2,(H,24,26)(H,25,28). The SMILES string of the molecule is O=C(NCCNc1ccc(C(F)(F)F)cn1)c1cccc(CN2CCOCC2)c1. The molecule has 2 N–H and O–H groups in total. The summed E-state index contributed by atoms with van der Waals surface area (Å²) in [4.78, 5) is 18.4. The zero-order valence-corrected chi connectivity index (χ0v) is 15.8. The maximum Gasteiger partial charge on any atom is 0.417 e. The molecule has 156 valence electrons. The minimum Gasteiger partial charge on any atom is -0.379 e. The molecule has 2 heterocycles. The van der Waals surface area contributed by atoms with Crippen LogP contribution in [0.5, 0.6) is 0 Å². The van der Waals surface area contributed by atoms with E-state index in [1.165, 1.54) is 6.07 Å². The summed E-state index contributed by atoms with van der Waals surface area (Å²) in [5, 5.41) is 5.68. The highest BCUT2D eigenvalue weighted by atomic mass is 19.4. The van der Waals surface area contributed by atoms with Gasteiger partial charge in [-0.25, -0.2) is 4.98 Å². The number of alkyl halides is 3. The zero-order valence-electron chi connectivity index (χ0n) is 15.8. The van der Waals surface area contributed by atoms with Crippen LogP contribution >= 0.6 is 0 Å². The molecule has 2 aromatic rings. The van der Waals surface area contributed by atoms with Crippen LogP contribution in [0.2, 0.25) is 0 Å². The van der Waals surface area contributed by atoms with Crippen LogP contribution in [-0.2, 0) is 17.5 Å². The Balaban J connectivity index is 1.44. The Labute approximate surface area is 167 Å². The molecule has 6 nitrogen and oxygen atoms in total. The molecule has 3 rings (SSSR count). The maximum absolute atomic E-state index is 12.5. The van der Waals surface area contributed by atoms with Gasteiger partial charge in [0.15, 0.2) is 0 Å². The minimum absolute atomic E-state index is 0.198. The molecule has 0 atom stereocenters. The van der Waals surface area contributed by atoms with Crippen molar-refractivity contribution in [2.24, 2.45) is 0 Å². The summed E-state index contributed by atoms with van der Waals surface area (Å²) in [6.07, 6.45) is -3.63. The van der Waals surface area contributed by atoms with Gasteiger partial charge in [0, 0.05) is 44.5 Å². The minimum atomic E-state index is -4.41. The van der Waals surface area contributed by atoms with Crippen LogP contribution in [0.15, 0.2) is 42.6 Å². The first kappa shape index (κ1) is 21.1. The van der Waals surface area contributed by atoms with Crippen molar-refractivity contribution in [1.82, 2.24) is 15.2 Å². The van der Waals surface area contributed by atoms with Gasteiger partial charge in [0.05, 0.1) is 18.8 Å². The predicted octanol–water partition coefficient (Wildman–Crippen LogP) is 2.77. The van der Waals surface area contributed by atoms with Gasteiger partial charge in [-0.2, -0.15) is 13.2 Å². The number of benzene rings is 1. The number of ether oxygens (including phenoxy) is 1. The number of amides is 1. The second-order valence-electron chi connectivity index (χ2n) is 6.70. The number of nitrogens with one attached hydrogen (secondary N) is 2. The molecule has 0 spiro atoms. The first-order valence-electron chi connectivity index (χ1n) is 9.36. The van der Waals surface area contributed by atoms with E-state index < -0.39 is 11.7 Å². The average molecular weight is 408 g/mol. The van der Waals surface area contributed by atoms with E-state index >= 15 is 0 Å². The Morgan fingerprint density at radius 2 is 1.93 bits per heavy atom. The van der Waals surface area contributed by atoms with E-state index in [1.54, 1.807) is 6.07 Å². The molecule has 9 heteroatoms. The number of carbonyl (C=O) groups excluding carboxylic acids is 1. The van der Waals surface area contributed by atoms with Crippen molar-refractivity contribution in [2.45, 2.75) is 12.7 Å². The number of nitrogens with zero attached hydrogens (tertiary/aromatic N) is 2. The summed E-state index contributed by atoms with van der Waals surface area (Å²) in [6, 6.07) is 9.70. The Morgan fingerprint density at radius 1 is 1.14 bits per heavy atom. The summed E-state index contributed by atoms with van der Waals surface area (Å²) >= 11 is 0. The largest absolute Gasteiger partial charge is 0.417 e. The lowest BCUT2D eigenvalue weighted by molar-refractivity contribution is -0.137. The van der Waals surface area contributed by atoms with E-state index in [4.69, 9.17) is 4.74 Å². The first-order valence-corrected chi connectivity index (χ1v) is 9.36. The zero-order chi connectivity index (χ0) is 20.7. The quantitative estimate of drug-likeness (QED) is 0.690. The third-order valence-corrected chi connectivity index (χ3v) is 4.51. The van der Waals surface area contributed by atoms with Crippen molar-refractivity contribution in [2.75, 3.05) is 44.7 Å². The fourth-order valence-electron chi connectivity index (χ4n) is 2.96. The number of morpholine rings is 1. The van der Waals surface area contributed by atoms with E-state index in [2.05, 4.69) is 20.5 Å². The Morgan fingerprint density at radius 3 is 2.62 bits per heavy atom. The third kappa shape index (κ3) is 6.43. The van der Waals surface area contributed by atoms with Gasteiger partial charge in [-0.05, 0) is 29.8 Å². The van der Waals surface area contributed by atoms with Crippen LogP contribution in [0.1, 0.15) is 21.5 Å². The lowest BCUT2D eigenvalue weighted by Gasteiger charge is -2.26. The number of hydrogen-bond acceptors (Lipinski definition) is 5. The number of halogens is 3. The lowest BCUT2D eigenvalue weighted by atomic mass is 10.1. The lowest BCUT2D eigenvalue weighted by Crippen LogP contribution is -2.35.